The maximum absolute atomic E-state index is 10.5. The molecule has 0 aromatic rings. The highest BCUT2D eigenvalue weighted by molar-refractivity contribution is 6.57. The standard InChI is InChI=1S/C5H8BCl2NO/c6-5(10)9(3-1-7)4-2-8/h1-4H2. The summed E-state index contributed by atoms with van der Waals surface area (Å²) >= 11 is 10.8. The molecule has 0 aromatic carbocycles. The van der Waals surface area contributed by atoms with E-state index in [0.717, 1.165) is 0 Å². The van der Waals surface area contributed by atoms with Crippen LogP contribution in [0.5, 0.6) is 0 Å². The maximum atomic E-state index is 10.5. The molecule has 2 nitrogen and oxygen atoms in total. The van der Waals surface area contributed by atoms with Crippen LogP contribution >= 0.6 is 23.2 Å². The minimum atomic E-state index is -0.471. The van der Waals surface area contributed by atoms with Crippen molar-refractivity contribution in [3.63, 3.8) is 0 Å². The Bertz CT molecular complexity index is 106. The van der Waals surface area contributed by atoms with Crippen LogP contribution < -0.4 is 0 Å². The van der Waals surface area contributed by atoms with Crippen LogP contribution in [0.3, 0.4) is 0 Å². The molecule has 1 amide bonds. The fraction of sp³-hybridized carbons (Fsp3) is 0.800. The number of nitrogens with zero attached hydrogens (tertiary/aromatic N) is 1. The van der Waals surface area contributed by atoms with Crippen molar-refractivity contribution in [2.45, 2.75) is 0 Å². The van der Waals surface area contributed by atoms with Gasteiger partial charge in [-0.15, -0.1) is 23.2 Å². The van der Waals surface area contributed by atoms with Crippen LogP contribution in [0.25, 0.3) is 0 Å². The molecule has 0 spiro atoms. The molecule has 2 radical (unpaired) electrons. The molecule has 0 rings (SSSR count). The SMILES string of the molecule is [B]C(=O)N(CCCl)CCCl. The zero-order chi connectivity index (χ0) is 7.98. The van der Waals surface area contributed by atoms with Gasteiger partial charge >= 0.3 is 0 Å². The molecule has 0 fully saturated rings. The molecule has 0 aliphatic heterocycles. The summed E-state index contributed by atoms with van der Waals surface area (Å²) in [5, 5.41) is 0. The van der Waals surface area contributed by atoms with Gasteiger partial charge in [-0.2, -0.15) is 0 Å². The minimum Gasteiger partial charge on any atom is -0.350 e. The van der Waals surface area contributed by atoms with Crippen molar-refractivity contribution in [2.75, 3.05) is 24.8 Å². The van der Waals surface area contributed by atoms with E-state index in [1.165, 1.54) is 4.90 Å². The van der Waals surface area contributed by atoms with Crippen LogP contribution in [-0.4, -0.2) is 43.4 Å². The van der Waals surface area contributed by atoms with Gasteiger partial charge in [0.1, 0.15) is 0 Å². The minimum absolute atomic E-state index is 0.389. The lowest BCUT2D eigenvalue weighted by Gasteiger charge is -2.18. The summed E-state index contributed by atoms with van der Waals surface area (Å²) in [5.74, 6) is 0.306. The molecule has 0 heterocycles. The molecule has 0 bridgehead atoms. The number of carbonyl (C=O) groups excluding carboxylic acids is 1. The predicted molar refractivity (Wildman–Crippen MR) is 44.2 cm³/mol. The maximum Gasteiger partial charge on any atom is 0.200 e. The predicted octanol–water partition coefficient (Wildman–Crippen LogP) is 1.05. The number of hydrogen-bond acceptors (Lipinski definition) is 1. The van der Waals surface area contributed by atoms with Crippen molar-refractivity contribution >= 4 is 36.9 Å². The summed E-state index contributed by atoms with van der Waals surface area (Å²) < 4.78 is 0. The fourth-order valence-electron chi connectivity index (χ4n) is 0.536. The second kappa shape index (κ2) is 5.87. The van der Waals surface area contributed by atoms with E-state index in [9.17, 15) is 4.79 Å². The number of alkyl halides is 2. The Balaban J connectivity index is 3.61. The molecule has 56 valence electrons. The van der Waals surface area contributed by atoms with Crippen LogP contribution in [0.1, 0.15) is 0 Å². The summed E-state index contributed by atoms with van der Waals surface area (Å²) in [5.41, 5.74) is 0. The second-order valence-electron chi connectivity index (χ2n) is 1.70. The fourth-order valence-corrected chi connectivity index (χ4v) is 0.944. The average Bonchev–Trinajstić information content (AvgIpc) is 1.87. The second-order valence-corrected chi connectivity index (χ2v) is 2.46. The van der Waals surface area contributed by atoms with Crippen LogP contribution in [0.4, 0.5) is 4.79 Å². The Morgan fingerprint density at radius 1 is 1.30 bits per heavy atom. The number of halogens is 2. The van der Waals surface area contributed by atoms with Crippen molar-refractivity contribution in [3.8, 4) is 0 Å². The van der Waals surface area contributed by atoms with Crippen LogP contribution in [0.2, 0.25) is 0 Å². The molecule has 0 aromatic heterocycles. The van der Waals surface area contributed by atoms with Gasteiger partial charge in [0.2, 0.25) is 7.85 Å². The van der Waals surface area contributed by atoms with E-state index in [1.807, 2.05) is 0 Å². The third kappa shape index (κ3) is 4.02. The number of amides is 1. The lowest BCUT2D eigenvalue weighted by molar-refractivity contribution is 0.227. The van der Waals surface area contributed by atoms with Crippen molar-refractivity contribution in [2.24, 2.45) is 0 Å². The van der Waals surface area contributed by atoms with E-state index in [1.54, 1.807) is 0 Å². The lowest BCUT2D eigenvalue weighted by Crippen LogP contribution is -2.33. The average molecular weight is 180 g/mol. The number of rotatable bonds is 4. The Morgan fingerprint density at radius 3 is 1.90 bits per heavy atom. The summed E-state index contributed by atoms with van der Waals surface area (Å²) in [4.78, 5) is 11.9. The Kier molecular flexibility index (Phi) is 5.93. The molecule has 5 heteroatoms. The van der Waals surface area contributed by atoms with E-state index in [4.69, 9.17) is 31.0 Å². The van der Waals surface area contributed by atoms with Crippen molar-refractivity contribution in [1.82, 2.24) is 4.90 Å². The van der Waals surface area contributed by atoms with Gasteiger partial charge in [0.15, 0.2) is 5.81 Å². The number of hydrogen-bond donors (Lipinski definition) is 0. The molecule has 0 aliphatic carbocycles. The molecular weight excluding hydrogens is 172 g/mol. The summed E-state index contributed by atoms with van der Waals surface area (Å²) in [6, 6.07) is 0. The summed E-state index contributed by atoms with van der Waals surface area (Å²) in [6.45, 7) is 0.924. The molecule has 0 N–H and O–H groups in total. The quantitative estimate of drug-likeness (QED) is 0.467. The molecule has 10 heavy (non-hydrogen) atoms. The first kappa shape index (κ1) is 10.1. The third-order valence-electron chi connectivity index (χ3n) is 1.02. The molecule has 0 unspecified atom stereocenters. The van der Waals surface area contributed by atoms with Crippen molar-refractivity contribution in [3.05, 3.63) is 0 Å². The third-order valence-corrected chi connectivity index (χ3v) is 1.36. The first-order valence-corrected chi connectivity index (χ1v) is 3.95. The molecule has 0 saturated carbocycles. The first-order chi connectivity index (χ1) is 4.72. The van der Waals surface area contributed by atoms with E-state index < -0.39 is 5.81 Å². The van der Waals surface area contributed by atoms with Gasteiger partial charge in [-0.1, -0.05) is 0 Å². The topological polar surface area (TPSA) is 20.3 Å². The van der Waals surface area contributed by atoms with Crippen LogP contribution in [-0.2, 0) is 0 Å². The van der Waals surface area contributed by atoms with Gasteiger partial charge in [-0.25, -0.2) is 0 Å². The Hall–Kier alpha value is 0.115. The van der Waals surface area contributed by atoms with E-state index >= 15 is 0 Å². The highest BCUT2D eigenvalue weighted by Crippen LogP contribution is 1.91. The first-order valence-electron chi connectivity index (χ1n) is 2.88. The van der Waals surface area contributed by atoms with Crippen molar-refractivity contribution < 1.29 is 4.79 Å². The Morgan fingerprint density at radius 2 is 1.70 bits per heavy atom. The van der Waals surface area contributed by atoms with Crippen molar-refractivity contribution in [1.29, 1.82) is 0 Å². The van der Waals surface area contributed by atoms with E-state index in [-0.39, 0.29) is 0 Å². The van der Waals surface area contributed by atoms with E-state index in [0.29, 0.717) is 24.8 Å². The highest BCUT2D eigenvalue weighted by atomic mass is 35.5. The summed E-state index contributed by atoms with van der Waals surface area (Å²) in [6.07, 6.45) is 0. The molecule has 0 atom stereocenters. The van der Waals surface area contributed by atoms with Gasteiger partial charge in [0, 0.05) is 24.8 Å². The van der Waals surface area contributed by atoms with Crippen LogP contribution in [0.15, 0.2) is 0 Å². The Labute approximate surface area is 71.9 Å². The van der Waals surface area contributed by atoms with Gasteiger partial charge in [0.05, 0.1) is 0 Å². The monoisotopic (exact) mass is 179 g/mol. The molecular formula is C5H8BCl2NO. The smallest absolute Gasteiger partial charge is 0.200 e. The van der Waals surface area contributed by atoms with E-state index in [2.05, 4.69) is 0 Å². The molecule has 0 aliphatic rings. The van der Waals surface area contributed by atoms with Gasteiger partial charge in [-0.05, 0) is 0 Å². The lowest BCUT2D eigenvalue weighted by atomic mass is 10.1. The van der Waals surface area contributed by atoms with Gasteiger partial charge < -0.3 is 4.90 Å². The van der Waals surface area contributed by atoms with Gasteiger partial charge in [-0.3, -0.25) is 4.79 Å². The zero-order valence-electron chi connectivity index (χ0n) is 5.52. The number of carbonyl (C=O) groups is 1. The van der Waals surface area contributed by atoms with Gasteiger partial charge in [0.25, 0.3) is 0 Å². The zero-order valence-corrected chi connectivity index (χ0v) is 7.03. The summed E-state index contributed by atoms with van der Waals surface area (Å²) in [7, 11) is 4.98. The highest BCUT2D eigenvalue weighted by Gasteiger charge is 2.04. The normalized spacial score (nSPS) is 9.40. The largest absolute Gasteiger partial charge is 0.350 e. The molecule has 0 saturated heterocycles. The van der Waals surface area contributed by atoms with Crippen LogP contribution in [0, 0.1) is 0 Å².